The summed E-state index contributed by atoms with van der Waals surface area (Å²) >= 11 is 0. The molecule has 0 aromatic heterocycles. The van der Waals surface area contributed by atoms with Crippen LogP contribution in [0.5, 0.6) is 0 Å². The number of esters is 1. The van der Waals surface area contributed by atoms with Crippen molar-refractivity contribution in [3.63, 3.8) is 0 Å². The smallest absolute Gasteiger partial charge is 0.338 e. The molecule has 0 radical (unpaired) electrons. The third-order valence-electron chi connectivity index (χ3n) is 2.58. The van der Waals surface area contributed by atoms with Gasteiger partial charge in [0.25, 0.3) is 0 Å². The van der Waals surface area contributed by atoms with Crippen LogP contribution < -0.4 is 0 Å². The number of allylic oxidation sites excluding steroid dienone is 3. The largest absolute Gasteiger partial charge is 0.457 e. The van der Waals surface area contributed by atoms with Gasteiger partial charge in [-0.2, -0.15) is 0 Å². The molecule has 0 amide bonds. The molecular formula is C17H20O2. The Labute approximate surface area is 115 Å². The van der Waals surface area contributed by atoms with Gasteiger partial charge < -0.3 is 4.74 Å². The van der Waals surface area contributed by atoms with Crippen molar-refractivity contribution in [3.05, 3.63) is 71.8 Å². The molecule has 0 spiro atoms. The topological polar surface area (TPSA) is 26.3 Å². The summed E-state index contributed by atoms with van der Waals surface area (Å²) < 4.78 is 5.25. The number of rotatable bonds is 6. The van der Waals surface area contributed by atoms with Crippen LogP contribution in [0.2, 0.25) is 0 Å². The van der Waals surface area contributed by atoms with Gasteiger partial charge in [-0.05, 0) is 25.0 Å². The maximum Gasteiger partial charge on any atom is 0.338 e. The van der Waals surface area contributed by atoms with Crippen LogP contribution in [0.3, 0.4) is 0 Å². The zero-order valence-corrected chi connectivity index (χ0v) is 11.6. The second-order valence-electron chi connectivity index (χ2n) is 4.22. The summed E-state index contributed by atoms with van der Waals surface area (Å²) in [5.74, 6) is -0.345. The molecule has 19 heavy (non-hydrogen) atoms. The van der Waals surface area contributed by atoms with Crippen LogP contribution >= 0.6 is 0 Å². The Hall–Kier alpha value is -2.09. The summed E-state index contributed by atoms with van der Waals surface area (Å²) in [6.07, 6.45) is 6.31. The molecule has 0 aliphatic heterocycles. The van der Waals surface area contributed by atoms with Gasteiger partial charge in [-0.25, -0.2) is 4.79 Å². The molecule has 1 rings (SSSR count). The second-order valence-corrected chi connectivity index (χ2v) is 4.22. The van der Waals surface area contributed by atoms with E-state index in [-0.39, 0.29) is 12.6 Å². The van der Waals surface area contributed by atoms with Crippen molar-refractivity contribution in [2.75, 3.05) is 0 Å². The van der Waals surface area contributed by atoms with Crippen LogP contribution in [0.1, 0.15) is 25.8 Å². The molecule has 0 atom stereocenters. The molecular weight excluding hydrogens is 236 g/mol. The fourth-order valence-corrected chi connectivity index (χ4v) is 1.63. The molecule has 0 N–H and O–H groups in total. The predicted molar refractivity (Wildman–Crippen MR) is 78.6 cm³/mol. The summed E-state index contributed by atoms with van der Waals surface area (Å²) in [4.78, 5) is 11.9. The number of benzene rings is 1. The van der Waals surface area contributed by atoms with Gasteiger partial charge in [-0.3, -0.25) is 0 Å². The standard InChI is InChI=1S/C17H20O2/c1-4-9-14(3)12-16(5-2)17(18)19-13-15-10-7-6-8-11-15/h5-12H,2,4,13H2,1,3H3/b14-9-,16-12+. The van der Waals surface area contributed by atoms with Crippen molar-refractivity contribution >= 4 is 5.97 Å². The SMILES string of the molecule is C=C/C(=C\C(C)=C/CC)C(=O)OCc1ccccc1. The normalized spacial score (nSPS) is 12.1. The fraction of sp³-hybridized carbons (Fsp3) is 0.235. The van der Waals surface area contributed by atoms with E-state index in [1.807, 2.05) is 43.3 Å². The van der Waals surface area contributed by atoms with Crippen molar-refractivity contribution in [1.29, 1.82) is 0 Å². The maximum atomic E-state index is 11.9. The van der Waals surface area contributed by atoms with Crippen molar-refractivity contribution in [1.82, 2.24) is 0 Å². The van der Waals surface area contributed by atoms with Crippen LogP contribution in [0, 0.1) is 0 Å². The van der Waals surface area contributed by atoms with E-state index >= 15 is 0 Å². The number of carbonyl (C=O) groups excluding carboxylic acids is 1. The molecule has 1 aromatic rings. The van der Waals surface area contributed by atoms with E-state index in [1.54, 1.807) is 6.08 Å². The van der Waals surface area contributed by atoms with Crippen molar-refractivity contribution in [2.24, 2.45) is 0 Å². The fourth-order valence-electron chi connectivity index (χ4n) is 1.63. The average Bonchev–Trinajstić information content (AvgIpc) is 2.43. The first-order chi connectivity index (χ1) is 9.17. The van der Waals surface area contributed by atoms with Crippen molar-refractivity contribution in [3.8, 4) is 0 Å². The molecule has 0 bridgehead atoms. The Balaban J connectivity index is 2.65. The molecule has 0 heterocycles. The minimum Gasteiger partial charge on any atom is -0.457 e. The van der Waals surface area contributed by atoms with Crippen LogP contribution in [-0.4, -0.2) is 5.97 Å². The van der Waals surface area contributed by atoms with Gasteiger partial charge in [0.15, 0.2) is 0 Å². The Morgan fingerprint density at radius 3 is 2.58 bits per heavy atom. The average molecular weight is 256 g/mol. The van der Waals surface area contributed by atoms with E-state index in [0.29, 0.717) is 5.57 Å². The van der Waals surface area contributed by atoms with Crippen LogP contribution in [0.25, 0.3) is 0 Å². The van der Waals surface area contributed by atoms with Gasteiger partial charge in [-0.15, -0.1) is 0 Å². The number of hydrogen-bond acceptors (Lipinski definition) is 2. The zero-order chi connectivity index (χ0) is 14.1. The molecule has 0 fully saturated rings. The van der Waals surface area contributed by atoms with Gasteiger partial charge in [0, 0.05) is 0 Å². The molecule has 0 unspecified atom stereocenters. The maximum absolute atomic E-state index is 11.9. The van der Waals surface area contributed by atoms with E-state index in [2.05, 4.69) is 13.5 Å². The minimum atomic E-state index is -0.345. The van der Waals surface area contributed by atoms with Gasteiger partial charge in [0.2, 0.25) is 0 Å². The third kappa shape index (κ3) is 5.38. The molecule has 2 heteroatoms. The van der Waals surface area contributed by atoms with E-state index in [0.717, 1.165) is 17.6 Å². The molecule has 0 aliphatic carbocycles. The van der Waals surface area contributed by atoms with Crippen LogP contribution in [0.15, 0.2) is 66.3 Å². The highest BCUT2D eigenvalue weighted by Crippen LogP contribution is 2.09. The van der Waals surface area contributed by atoms with E-state index in [4.69, 9.17) is 4.74 Å². The predicted octanol–water partition coefficient (Wildman–Crippen LogP) is 4.20. The highest BCUT2D eigenvalue weighted by molar-refractivity contribution is 5.91. The first kappa shape index (κ1) is 15.0. The first-order valence-corrected chi connectivity index (χ1v) is 6.39. The number of ether oxygens (including phenoxy) is 1. The van der Waals surface area contributed by atoms with Crippen LogP contribution in [-0.2, 0) is 16.1 Å². The van der Waals surface area contributed by atoms with E-state index < -0.39 is 0 Å². The Morgan fingerprint density at radius 1 is 1.32 bits per heavy atom. The van der Waals surface area contributed by atoms with Gasteiger partial charge >= 0.3 is 5.97 Å². The highest BCUT2D eigenvalue weighted by Gasteiger charge is 2.07. The second kappa shape index (κ2) is 8.09. The van der Waals surface area contributed by atoms with Gasteiger partial charge in [-0.1, -0.05) is 61.6 Å². The minimum absolute atomic E-state index is 0.279. The van der Waals surface area contributed by atoms with E-state index in [9.17, 15) is 4.79 Å². The molecule has 0 saturated heterocycles. The molecule has 0 saturated carbocycles. The molecule has 1 aromatic carbocycles. The summed E-state index contributed by atoms with van der Waals surface area (Å²) in [6.45, 7) is 7.94. The Kier molecular flexibility index (Phi) is 6.37. The van der Waals surface area contributed by atoms with Crippen molar-refractivity contribution in [2.45, 2.75) is 26.9 Å². The quantitative estimate of drug-likeness (QED) is 0.433. The lowest BCUT2D eigenvalue weighted by Crippen LogP contribution is -2.06. The van der Waals surface area contributed by atoms with Gasteiger partial charge in [0.1, 0.15) is 6.61 Å². The van der Waals surface area contributed by atoms with Crippen LogP contribution in [0.4, 0.5) is 0 Å². The monoisotopic (exact) mass is 256 g/mol. The summed E-state index contributed by atoms with van der Waals surface area (Å²) in [7, 11) is 0. The summed E-state index contributed by atoms with van der Waals surface area (Å²) in [5, 5.41) is 0. The number of hydrogen-bond donors (Lipinski definition) is 0. The zero-order valence-electron chi connectivity index (χ0n) is 11.6. The number of carbonyl (C=O) groups is 1. The van der Waals surface area contributed by atoms with Gasteiger partial charge in [0.05, 0.1) is 5.57 Å². The Bertz CT molecular complexity index is 481. The summed E-state index contributed by atoms with van der Waals surface area (Å²) in [6, 6.07) is 9.61. The molecule has 0 aliphatic rings. The highest BCUT2D eigenvalue weighted by atomic mass is 16.5. The molecule has 2 nitrogen and oxygen atoms in total. The van der Waals surface area contributed by atoms with Crippen molar-refractivity contribution < 1.29 is 9.53 Å². The third-order valence-corrected chi connectivity index (χ3v) is 2.58. The lowest BCUT2D eigenvalue weighted by atomic mass is 10.1. The van der Waals surface area contributed by atoms with E-state index in [1.165, 1.54) is 6.08 Å². The Morgan fingerprint density at radius 2 is 2.00 bits per heavy atom. The lowest BCUT2D eigenvalue weighted by Gasteiger charge is -2.05. The first-order valence-electron chi connectivity index (χ1n) is 6.39. The lowest BCUT2D eigenvalue weighted by molar-refractivity contribution is -0.139. The summed E-state index contributed by atoms with van der Waals surface area (Å²) in [5.41, 5.74) is 2.49. The molecule has 100 valence electrons.